The van der Waals surface area contributed by atoms with Crippen molar-refractivity contribution in [1.82, 2.24) is 0 Å². The minimum atomic E-state index is -4.41. The maximum atomic E-state index is 12.2. The molecule has 1 rings (SSSR count). The first-order chi connectivity index (χ1) is 8.24. The lowest BCUT2D eigenvalue weighted by Crippen LogP contribution is -2.03. The van der Waals surface area contributed by atoms with Crippen molar-refractivity contribution in [1.29, 1.82) is 0 Å². The molecule has 0 aliphatic carbocycles. The highest BCUT2D eigenvalue weighted by Gasteiger charge is 2.24. The van der Waals surface area contributed by atoms with Crippen molar-refractivity contribution in [3.05, 3.63) is 35.4 Å². The van der Waals surface area contributed by atoms with Gasteiger partial charge in [0.1, 0.15) is 11.3 Å². The fraction of sp³-hybridized carbons (Fsp3) is 0.250. The molecule has 0 aliphatic heterocycles. The molecule has 0 radical (unpaired) electrons. The number of hydrogen-bond donors (Lipinski definition) is 1. The van der Waals surface area contributed by atoms with E-state index < -0.39 is 12.1 Å². The number of hydrogen-bond acceptors (Lipinski definition) is 2. The Morgan fingerprint density at radius 1 is 1.39 bits per heavy atom. The average molecular weight is 260 g/mol. The molecule has 0 unspecified atom stereocenters. The Morgan fingerprint density at radius 3 is 2.44 bits per heavy atom. The monoisotopic (exact) mass is 260 g/mol. The first-order valence-corrected chi connectivity index (χ1v) is 4.92. The SMILES string of the molecule is COc1cc(C(C)=CC(F)(F)F)ccc1C(=O)O. The third-order valence-electron chi connectivity index (χ3n) is 2.27. The van der Waals surface area contributed by atoms with E-state index in [4.69, 9.17) is 9.84 Å². The van der Waals surface area contributed by atoms with Crippen LogP contribution in [0.25, 0.3) is 5.57 Å². The zero-order valence-corrected chi connectivity index (χ0v) is 9.71. The predicted molar refractivity (Wildman–Crippen MR) is 59.7 cm³/mol. The molecule has 0 fully saturated rings. The van der Waals surface area contributed by atoms with Gasteiger partial charge in [-0.3, -0.25) is 0 Å². The van der Waals surface area contributed by atoms with E-state index in [1.54, 1.807) is 0 Å². The first-order valence-electron chi connectivity index (χ1n) is 4.92. The number of benzene rings is 1. The molecule has 0 heterocycles. The molecule has 0 bridgehead atoms. The summed E-state index contributed by atoms with van der Waals surface area (Å²) >= 11 is 0. The summed E-state index contributed by atoms with van der Waals surface area (Å²) in [7, 11) is 1.26. The smallest absolute Gasteiger partial charge is 0.410 e. The number of ether oxygens (including phenoxy) is 1. The lowest BCUT2D eigenvalue weighted by atomic mass is 10.0. The summed E-state index contributed by atoms with van der Waals surface area (Å²) in [6.45, 7) is 1.29. The van der Waals surface area contributed by atoms with Crippen LogP contribution in [0.15, 0.2) is 24.3 Å². The van der Waals surface area contributed by atoms with Crippen molar-refractivity contribution >= 4 is 11.5 Å². The molecule has 1 aromatic carbocycles. The van der Waals surface area contributed by atoms with Crippen LogP contribution >= 0.6 is 0 Å². The Kier molecular flexibility index (Phi) is 4.00. The number of carboxylic acid groups (broad SMARTS) is 1. The number of carbonyl (C=O) groups is 1. The van der Waals surface area contributed by atoms with Crippen LogP contribution in [0.4, 0.5) is 13.2 Å². The molecule has 98 valence electrons. The van der Waals surface area contributed by atoms with Gasteiger partial charge in [-0.05, 0) is 30.2 Å². The minimum absolute atomic E-state index is 0.0160. The van der Waals surface area contributed by atoms with Gasteiger partial charge in [0.15, 0.2) is 0 Å². The summed E-state index contributed by atoms with van der Waals surface area (Å²) < 4.78 is 41.4. The van der Waals surface area contributed by atoms with E-state index in [1.807, 2.05) is 0 Å². The lowest BCUT2D eigenvalue weighted by molar-refractivity contribution is -0.0793. The standard InChI is InChI=1S/C12H11F3O3/c1-7(6-12(13,14)15)8-3-4-9(11(16)17)10(5-8)18-2/h3-6H,1-2H3,(H,16,17). The van der Waals surface area contributed by atoms with Crippen LogP contribution in [0.5, 0.6) is 5.75 Å². The second kappa shape index (κ2) is 5.12. The van der Waals surface area contributed by atoms with Gasteiger partial charge < -0.3 is 9.84 Å². The van der Waals surface area contributed by atoms with Gasteiger partial charge in [-0.25, -0.2) is 4.79 Å². The molecule has 0 saturated carbocycles. The molecular weight excluding hydrogens is 249 g/mol. The zero-order valence-electron chi connectivity index (χ0n) is 9.71. The van der Waals surface area contributed by atoms with Crippen LogP contribution in [-0.2, 0) is 0 Å². The van der Waals surface area contributed by atoms with Crippen molar-refractivity contribution in [2.45, 2.75) is 13.1 Å². The molecule has 0 aliphatic rings. The van der Waals surface area contributed by atoms with Crippen molar-refractivity contribution in [2.75, 3.05) is 7.11 Å². The number of carboxylic acids is 1. The quantitative estimate of drug-likeness (QED) is 0.906. The molecule has 0 aromatic heterocycles. The third-order valence-corrected chi connectivity index (χ3v) is 2.27. The number of allylic oxidation sites excluding steroid dienone is 2. The molecular formula is C12H11F3O3. The summed E-state index contributed by atoms with van der Waals surface area (Å²) in [5, 5.41) is 8.84. The Labute approximate surface area is 101 Å². The molecule has 0 saturated heterocycles. The van der Waals surface area contributed by atoms with Gasteiger partial charge in [-0.15, -0.1) is 0 Å². The molecule has 3 nitrogen and oxygen atoms in total. The molecule has 6 heteroatoms. The fourth-order valence-corrected chi connectivity index (χ4v) is 1.44. The highest BCUT2D eigenvalue weighted by atomic mass is 19.4. The van der Waals surface area contributed by atoms with Crippen LogP contribution < -0.4 is 4.74 Å². The fourth-order valence-electron chi connectivity index (χ4n) is 1.44. The van der Waals surface area contributed by atoms with Crippen molar-refractivity contribution in [2.24, 2.45) is 0 Å². The predicted octanol–water partition coefficient (Wildman–Crippen LogP) is 3.36. The Morgan fingerprint density at radius 2 is 2.00 bits per heavy atom. The summed E-state index contributed by atoms with van der Waals surface area (Å²) in [5.41, 5.74) is 0.146. The topological polar surface area (TPSA) is 46.5 Å². The van der Waals surface area contributed by atoms with E-state index in [0.717, 1.165) is 0 Å². The summed E-state index contributed by atoms with van der Waals surface area (Å²) in [5.74, 6) is -1.18. The molecule has 1 aromatic rings. The molecule has 0 atom stereocenters. The number of aromatic carboxylic acids is 1. The Hall–Kier alpha value is -1.98. The number of halogens is 3. The summed E-state index contributed by atoms with van der Waals surface area (Å²) in [6.07, 6.45) is -4.26. The maximum absolute atomic E-state index is 12.2. The van der Waals surface area contributed by atoms with Crippen LogP contribution in [0.2, 0.25) is 0 Å². The van der Waals surface area contributed by atoms with Gasteiger partial charge in [0.05, 0.1) is 7.11 Å². The van der Waals surface area contributed by atoms with Crippen LogP contribution in [-0.4, -0.2) is 24.4 Å². The van der Waals surface area contributed by atoms with E-state index in [2.05, 4.69) is 0 Å². The van der Waals surface area contributed by atoms with Crippen molar-refractivity contribution in [3.8, 4) is 5.75 Å². The number of methoxy groups -OCH3 is 1. The van der Waals surface area contributed by atoms with Gasteiger partial charge in [0, 0.05) is 6.08 Å². The molecule has 0 amide bonds. The van der Waals surface area contributed by atoms with Crippen LogP contribution in [0.3, 0.4) is 0 Å². The van der Waals surface area contributed by atoms with Gasteiger partial charge in [0.2, 0.25) is 0 Å². The molecule has 1 N–H and O–H groups in total. The maximum Gasteiger partial charge on any atom is 0.410 e. The van der Waals surface area contributed by atoms with Crippen LogP contribution in [0.1, 0.15) is 22.8 Å². The average Bonchev–Trinajstić information content (AvgIpc) is 2.25. The lowest BCUT2D eigenvalue weighted by Gasteiger charge is -2.09. The second-order valence-corrected chi connectivity index (χ2v) is 3.59. The Bertz CT molecular complexity index is 490. The summed E-state index contributed by atoms with van der Waals surface area (Å²) in [4.78, 5) is 10.8. The summed E-state index contributed by atoms with van der Waals surface area (Å²) in [6, 6.07) is 3.79. The zero-order chi connectivity index (χ0) is 13.9. The van der Waals surface area contributed by atoms with E-state index in [-0.39, 0.29) is 28.5 Å². The number of rotatable bonds is 3. The largest absolute Gasteiger partial charge is 0.496 e. The highest BCUT2D eigenvalue weighted by Crippen LogP contribution is 2.27. The Balaban J connectivity index is 3.21. The normalized spacial score (nSPS) is 12.4. The molecule has 18 heavy (non-hydrogen) atoms. The minimum Gasteiger partial charge on any atom is -0.496 e. The van der Waals surface area contributed by atoms with Gasteiger partial charge in [0.25, 0.3) is 0 Å². The van der Waals surface area contributed by atoms with Crippen LogP contribution in [0, 0.1) is 0 Å². The first kappa shape index (κ1) is 14.1. The van der Waals surface area contributed by atoms with E-state index in [9.17, 15) is 18.0 Å². The van der Waals surface area contributed by atoms with Gasteiger partial charge >= 0.3 is 12.1 Å². The van der Waals surface area contributed by atoms with Gasteiger partial charge in [-0.2, -0.15) is 13.2 Å². The highest BCUT2D eigenvalue weighted by molar-refractivity contribution is 5.91. The number of alkyl halides is 3. The molecule has 0 spiro atoms. The van der Waals surface area contributed by atoms with Crippen molar-refractivity contribution in [3.63, 3.8) is 0 Å². The van der Waals surface area contributed by atoms with E-state index in [0.29, 0.717) is 0 Å². The van der Waals surface area contributed by atoms with E-state index >= 15 is 0 Å². The van der Waals surface area contributed by atoms with E-state index in [1.165, 1.54) is 32.2 Å². The van der Waals surface area contributed by atoms with Gasteiger partial charge in [-0.1, -0.05) is 6.07 Å². The second-order valence-electron chi connectivity index (χ2n) is 3.59. The van der Waals surface area contributed by atoms with Crippen molar-refractivity contribution < 1.29 is 27.8 Å². The third kappa shape index (κ3) is 3.51.